The van der Waals surface area contributed by atoms with Crippen LogP contribution in [0.25, 0.3) is 22.1 Å². The Morgan fingerprint density at radius 1 is 1.08 bits per heavy atom. The highest BCUT2D eigenvalue weighted by molar-refractivity contribution is 5.90. The molecule has 1 atom stereocenters. The van der Waals surface area contributed by atoms with Gasteiger partial charge in [0.15, 0.2) is 11.3 Å². The smallest absolute Gasteiger partial charge is 0.414 e. The summed E-state index contributed by atoms with van der Waals surface area (Å²) in [6.07, 6.45) is -1.09. The first-order valence-electron chi connectivity index (χ1n) is 12.4. The molecule has 0 spiro atoms. The predicted molar refractivity (Wildman–Crippen MR) is 146 cm³/mol. The van der Waals surface area contributed by atoms with Gasteiger partial charge in [0, 0.05) is 25.6 Å². The van der Waals surface area contributed by atoms with Gasteiger partial charge in [-0.3, -0.25) is 14.5 Å². The lowest BCUT2D eigenvalue weighted by Gasteiger charge is -2.15. The van der Waals surface area contributed by atoms with Crippen molar-refractivity contribution in [2.45, 2.75) is 26.1 Å². The molecule has 0 radical (unpaired) electrons. The number of nitrogens with zero attached hydrogens (tertiary/aromatic N) is 1. The Kier molecular flexibility index (Phi) is 7.29. The van der Waals surface area contributed by atoms with Crippen molar-refractivity contribution in [3.05, 3.63) is 93.9 Å². The average Bonchev–Trinajstić information content (AvgIpc) is 3.30. The van der Waals surface area contributed by atoms with Gasteiger partial charge in [-0.15, -0.1) is 0 Å². The number of hydrogen-bond acceptors (Lipinski definition) is 7. The molecule has 0 bridgehead atoms. The lowest BCUT2D eigenvalue weighted by Crippen LogP contribution is -2.33. The van der Waals surface area contributed by atoms with Crippen LogP contribution in [0.1, 0.15) is 18.1 Å². The van der Waals surface area contributed by atoms with E-state index < -0.39 is 18.0 Å². The lowest BCUT2D eigenvalue weighted by atomic mass is 10.0. The number of hydrogen-bond donors (Lipinski definition) is 3. The predicted octanol–water partition coefficient (Wildman–Crippen LogP) is 3.93. The molecule has 2 heterocycles. The Morgan fingerprint density at radius 2 is 1.85 bits per heavy atom. The number of amides is 2. The molecular formula is C29H27FN4O5. The van der Waals surface area contributed by atoms with Gasteiger partial charge in [-0.05, 0) is 41.5 Å². The molecule has 5 rings (SSSR count). The summed E-state index contributed by atoms with van der Waals surface area (Å²) in [7, 11) is 0. The molecule has 9 nitrogen and oxygen atoms in total. The van der Waals surface area contributed by atoms with E-state index in [0.717, 1.165) is 5.56 Å². The molecule has 4 N–H and O–H groups in total. The van der Waals surface area contributed by atoms with Crippen molar-refractivity contribution in [2.75, 3.05) is 23.7 Å². The molecule has 1 aliphatic heterocycles. The minimum atomic E-state index is -0.586. The number of benzene rings is 3. The number of halogens is 1. The standard InChI is InChI=1S/C29H27FN4O5/c1-17(35)33-14-21-16-34(29(37)38-21)20-10-11-22(25(30)12-20)19-8-6-18(7-9-19)13-32-15-24-27(36)23-4-2-3-5-26(23)39-28(24)31/h2-12,21,32H,13-16,31H2,1H3,(H,33,35). The highest BCUT2D eigenvalue weighted by Crippen LogP contribution is 2.29. The van der Waals surface area contributed by atoms with E-state index in [2.05, 4.69) is 10.6 Å². The molecule has 10 heteroatoms. The van der Waals surface area contributed by atoms with E-state index in [9.17, 15) is 14.4 Å². The molecule has 1 fully saturated rings. The van der Waals surface area contributed by atoms with Crippen molar-refractivity contribution < 1.29 is 23.1 Å². The first-order chi connectivity index (χ1) is 18.8. The molecule has 1 aliphatic rings. The molecule has 1 aromatic heterocycles. The van der Waals surface area contributed by atoms with Gasteiger partial charge in [0.25, 0.3) is 0 Å². The molecular weight excluding hydrogens is 503 g/mol. The molecule has 0 aliphatic carbocycles. The SMILES string of the molecule is CC(=O)NCC1CN(c2ccc(-c3ccc(CNCc4c(N)oc5ccccc5c4=O)cc3)c(F)c2)C(=O)O1. The molecule has 200 valence electrons. The van der Waals surface area contributed by atoms with E-state index >= 15 is 4.39 Å². The van der Waals surface area contributed by atoms with Crippen LogP contribution < -0.4 is 26.7 Å². The number of carbonyl (C=O) groups excluding carboxylic acids is 2. The number of cyclic esters (lactones) is 1. The van der Waals surface area contributed by atoms with E-state index in [1.165, 1.54) is 17.9 Å². The average molecular weight is 531 g/mol. The van der Waals surface area contributed by atoms with Crippen LogP contribution in [-0.2, 0) is 22.6 Å². The highest BCUT2D eigenvalue weighted by Gasteiger charge is 2.32. The summed E-state index contributed by atoms with van der Waals surface area (Å²) >= 11 is 0. The summed E-state index contributed by atoms with van der Waals surface area (Å²) < 4.78 is 25.9. The molecule has 0 saturated carbocycles. The first-order valence-corrected chi connectivity index (χ1v) is 12.4. The first kappa shape index (κ1) is 25.9. The fourth-order valence-corrected chi connectivity index (χ4v) is 4.50. The van der Waals surface area contributed by atoms with Gasteiger partial charge in [-0.2, -0.15) is 0 Å². The molecule has 3 aromatic carbocycles. The van der Waals surface area contributed by atoms with Gasteiger partial charge in [-0.1, -0.05) is 36.4 Å². The number of para-hydroxylation sites is 1. The maximum Gasteiger partial charge on any atom is 0.414 e. The van der Waals surface area contributed by atoms with Gasteiger partial charge < -0.3 is 25.5 Å². The zero-order valence-corrected chi connectivity index (χ0v) is 21.2. The maximum atomic E-state index is 15.0. The van der Waals surface area contributed by atoms with E-state index in [1.54, 1.807) is 48.5 Å². The quantitative estimate of drug-likeness (QED) is 0.315. The van der Waals surface area contributed by atoms with Crippen molar-refractivity contribution in [1.29, 1.82) is 0 Å². The van der Waals surface area contributed by atoms with Crippen molar-refractivity contribution in [3.63, 3.8) is 0 Å². The molecule has 1 saturated heterocycles. The molecule has 2 amide bonds. The van der Waals surface area contributed by atoms with Crippen molar-refractivity contribution in [2.24, 2.45) is 0 Å². The number of nitrogen functional groups attached to an aromatic ring is 1. The lowest BCUT2D eigenvalue weighted by molar-refractivity contribution is -0.119. The number of ether oxygens (including phenoxy) is 1. The highest BCUT2D eigenvalue weighted by atomic mass is 19.1. The van der Waals surface area contributed by atoms with Crippen LogP contribution >= 0.6 is 0 Å². The number of rotatable bonds is 8. The molecule has 39 heavy (non-hydrogen) atoms. The number of carbonyl (C=O) groups is 2. The largest absolute Gasteiger partial charge is 0.442 e. The van der Waals surface area contributed by atoms with Crippen molar-refractivity contribution in [3.8, 4) is 11.1 Å². The third-order valence-corrected chi connectivity index (χ3v) is 6.54. The van der Waals surface area contributed by atoms with Gasteiger partial charge in [-0.25, -0.2) is 9.18 Å². The number of fused-ring (bicyclic) bond motifs is 1. The minimum Gasteiger partial charge on any atom is -0.442 e. The third kappa shape index (κ3) is 5.60. The van der Waals surface area contributed by atoms with E-state index in [-0.39, 0.29) is 36.9 Å². The maximum absolute atomic E-state index is 15.0. The Bertz CT molecular complexity index is 1600. The van der Waals surface area contributed by atoms with E-state index in [0.29, 0.717) is 39.9 Å². The third-order valence-electron chi connectivity index (χ3n) is 6.54. The summed E-state index contributed by atoms with van der Waals surface area (Å²) in [6, 6.07) is 18.9. The summed E-state index contributed by atoms with van der Waals surface area (Å²) in [5, 5.41) is 6.30. The Labute approximate surface area is 223 Å². The Balaban J connectivity index is 1.22. The summed E-state index contributed by atoms with van der Waals surface area (Å²) in [4.78, 5) is 37.5. The van der Waals surface area contributed by atoms with Crippen LogP contribution in [-0.4, -0.2) is 31.2 Å². The summed E-state index contributed by atoms with van der Waals surface area (Å²) in [6.45, 7) is 2.49. The van der Waals surface area contributed by atoms with Gasteiger partial charge >= 0.3 is 6.09 Å². The normalized spacial score (nSPS) is 15.0. The van der Waals surface area contributed by atoms with Crippen LogP contribution in [0.4, 0.5) is 20.8 Å². The van der Waals surface area contributed by atoms with Crippen molar-refractivity contribution >= 4 is 34.5 Å². The zero-order chi connectivity index (χ0) is 27.5. The number of anilines is 2. The van der Waals surface area contributed by atoms with Gasteiger partial charge in [0.1, 0.15) is 17.5 Å². The summed E-state index contributed by atoms with van der Waals surface area (Å²) in [5.74, 6) is -0.607. The van der Waals surface area contributed by atoms with E-state index in [4.69, 9.17) is 14.9 Å². The van der Waals surface area contributed by atoms with Gasteiger partial charge in [0.2, 0.25) is 5.91 Å². The fourth-order valence-electron chi connectivity index (χ4n) is 4.50. The second-order valence-corrected chi connectivity index (χ2v) is 9.29. The van der Waals surface area contributed by atoms with Crippen LogP contribution in [0.2, 0.25) is 0 Å². The van der Waals surface area contributed by atoms with E-state index in [1.807, 2.05) is 12.1 Å². The number of nitrogens with two attached hydrogens (primary N) is 1. The second-order valence-electron chi connectivity index (χ2n) is 9.29. The van der Waals surface area contributed by atoms with Crippen LogP contribution in [0.5, 0.6) is 0 Å². The second kappa shape index (κ2) is 11.0. The topological polar surface area (TPSA) is 127 Å². The van der Waals surface area contributed by atoms with Crippen LogP contribution in [0.15, 0.2) is 75.9 Å². The van der Waals surface area contributed by atoms with Gasteiger partial charge in [0.05, 0.1) is 29.7 Å². The van der Waals surface area contributed by atoms with Crippen molar-refractivity contribution in [1.82, 2.24) is 10.6 Å². The monoisotopic (exact) mass is 530 g/mol. The number of nitrogens with one attached hydrogen (secondary N) is 2. The Hall–Kier alpha value is -4.70. The fraction of sp³-hybridized carbons (Fsp3) is 0.207. The Morgan fingerprint density at radius 3 is 2.59 bits per heavy atom. The summed E-state index contributed by atoms with van der Waals surface area (Å²) in [5.41, 5.74) is 9.01. The molecule has 4 aromatic rings. The molecule has 1 unspecified atom stereocenters. The van der Waals surface area contributed by atoms with Crippen LogP contribution in [0.3, 0.4) is 0 Å². The minimum absolute atomic E-state index is 0.0888. The van der Waals surface area contributed by atoms with Crippen LogP contribution in [0, 0.1) is 5.82 Å². The zero-order valence-electron chi connectivity index (χ0n) is 21.2.